The van der Waals surface area contributed by atoms with E-state index in [1.165, 1.54) is 37.4 Å². The summed E-state index contributed by atoms with van der Waals surface area (Å²) in [6, 6.07) is 15.2. The molecule has 0 heterocycles. The van der Waals surface area contributed by atoms with Crippen LogP contribution >= 0.6 is 11.6 Å². The summed E-state index contributed by atoms with van der Waals surface area (Å²) >= 11 is 6.09. The van der Waals surface area contributed by atoms with Crippen LogP contribution in [-0.2, 0) is 16.6 Å². The summed E-state index contributed by atoms with van der Waals surface area (Å²) in [5.74, 6) is -1.05. The van der Waals surface area contributed by atoms with Crippen LogP contribution in [0.5, 0.6) is 5.75 Å². The molecule has 0 aromatic heterocycles. The molecule has 0 aliphatic carbocycles. The van der Waals surface area contributed by atoms with Gasteiger partial charge in [-0.1, -0.05) is 29.8 Å². The predicted molar refractivity (Wildman–Crippen MR) is 104 cm³/mol. The normalized spacial score (nSPS) is 11.3. The lowest BCUT2D eigenvalue weighted by Gasteiger charge is -2.25. The number of benzene rings is 3. The minimum Gasteiger partial charge on any atom is -0.497 e. The SMILES string of the molecule is COc1ccc(N(Cc2ccc(F)cc2F)S(=O)(=O)c2ccccc2Cl)cc1. The van der Waals surface area contributed by atoms with Gasteiger partial charge in [-0.15, -0.1) is 0 Å². The average molecular weight is 424 g/mol. The molecule has 0 radical (unpaired) electrons. The van der Waals surface area contributed by atoms with Crippen LogP contribution in [0.4, 0.5) is 14.5 Å². The fraction of sp³-hybridized carbons (Fsp3) is 0.100. The molecule has 0 saturated carbocycles. The summed E-state index contributed by atoms with van der Waals surface area (Å²) in [6.45, 7) is -0.341. The van der Waals surface area contributed by atoms with E-state index in [1.54, 1.807) is 24.3 Å². The van der Waals surface area contributed by atoms with Crippen LogP contribution in [0.1, 0.15) is 5.56 Å². The third-order valence-electron chi connectivity index (χ3n) is 4.09. The number of hydrogen-bond donors (Lipinski definition) is 0. The first-order chi connectivity index (χ1) is 13.3. The van der Waals surface area contributed by atoms with Crippen molar-refractivity contribution in [2.75, 3.05) is 11.4 Å². The Hall–Kier alpha value is -2.64. The Kier molecular flexibility index (Phi) is 5.86. The monoisotopic (exact) mass is 423 g/mol. The highest BCUT2D eigenvalue weighted by molar-refractivity contribution is 7.93. The summed E-state index contributed by atoms with van der Waals surface area (Å²) in [7, 11) is -2.64. The van der Waals surface area contributed by atoms with Crippen LogP contribution in [0.25, 0.3) is 0 Å². The molecule has 146 valence electrons. The number of rotatable bonds is 6. The van der Waals surface area contributed by atoms with Gasteiger partial charge in [0.1, 0.15) is 22.3 Å². The number of halogens is 3. The van der Waals surface area contributed by atoms with Gasteiger partial charge in [0.25, 0.3) is 10.0 Å². The van der Waals surface area contributed by atoms with Gasteiger partial charge in [-0.3, -0.25) is 4.31 Å². The summed E-state index contributed by atoms with van der Waals surface area (Å²) in [4.78, 5) is -0.116. The summed E-state index contributed by atoms with van der Waals surface area (Å²) in [5.41, 5.74) is 0.303. The van der Waals surface area contributed by atoms with Gasteiger partial charge in [0, 0.05) is 11.6 Å². The molecule has 3 rings (SSSR count). The average Bonchev–Trinajstić information content (AvgIpc) is 2.67. The molecule has 0 saturated heterocycles. The number of anilines is 1. The zero-order valence-electron chi connectivity index (χ0n) is 14.8. The van der Waals surface area contributed by atoms with E-state index in [4.69, 9.17) is 16.3 Å². The Labute approximate surface area is 167 Å². The second kappa shape index (κ2) is 8.16. The van der Waals surface area contributed by atoms with Crippen molar-refractivity contribution in [3.63, 3.8) is 0 Å². The highest BCUT2D eigenvalue weighted by Gasteiger charge is 2.28. The molecule has 0 N–H and O–H groups in total. The fourth-order valence-electron chi connectivity index (χ4n) is 2.64. The smallest absolute Gasteiger partial charge is 0.266 e. The van der Waals surface area contributed by atoms with Crippen molar-refractivity contribution >= 4 is 27.3 Å². The number of sulfonamides is 1. The second-order valence-electron chi connectivity index (χ2n) is 5.88. The third-order valence-corrected chi connectivity index (χ3v) is 6.37. The van der Waals surface area contributed by atoms with Gasteiger partial charge in [0.05, 0.1) is 24.4 Å². The number of nitrogens with zero attached hydrogens (tertiary/aromatic N) is 1. The minimum atomic E-state index is -4.13. The molecular formula is C20H16ClF2NO3S. The van der Waals surface area contributed by atoms with Crippen LogP contribution in [0.3, 0.4) is 0 Å². The van der Waals surface area contributed by atoms with Crippen molar-refractivity contribution < 1.29 is 21.9 Å². The maximum absolute atomic E-state index is 14.2. The molecule has 0 unspecified atom stereocenters. The maximum Gasteiger partial charge on any atom is 0.266 e. The summed E-state index contributed by atoms with van der Waals surface area (Å²) in [5, 5.41) is 0.0422. The molecule has 0 atom stereocenters. The molecule has 0 bridgehead atoms. The van der Waals surface area contributed by atoms with Crippen LogP contribution < -0.4 is 9.04 Å². The minimum absolute atomic E-state index is 0.0212. The zero-order chi connectivity index (χ0) is 20.3. The fourth-order valence-corrected chi connectivity index (χ4v) is 4.58. The van der Waals surface area contributed by atoms with Gasteiger partial charge in [0.15, 0.2) is 0 Å². The lowest BCUT2D eigenvalue weighted by Crippen LogP contribution is -2.31. The van der Waals surface area contributed by atoms with E-state index in [2.05, 4.69) is 0 Å². The Morgan fingerprint density at radius 1 is 1.00 bits per heavy atom. The largest absolute Gasteiger partial charge is 0.497 e. The number of hydrogen-bond acceptors (Lipinski definition) is 3. The van der Waals surface area contributed by atoms with Crippen LogP contribution in [0.15, 0.2) is 71.6 Å². The lowest BCUT2D eigenvalue weighted by molar-refractivity contribution is 0.415. The van der Waals surface area contributed by atoms with E-state index in [-0.39, 0.29) is 27.7 Å². The van der Waals surface area contributed by atoms with E-state index >= 15 is 0 Å². The maximum atomic E-state index is 14.2. The standard InChI is InChI=1S/C20H16ClF2NO3S/c1-27-17-10-8-16(9-11-17)24(13-14-6-7-15(22)12-19(14)23)28(25,26)20-5-3-2-4-18(20)21/h2-12H,13H2,1H3. The second-order valence-corrected chi connectivity index (χ2v) is 8.11. The van der Waals surface area contributed by atoms with Crippen molar-refractivity contribution in [2.24, 2.45) is 0 Å². The summed E-state index contributed by atoms with van der Waals surface area (Å²) < 4.78 is 60.2. The van der Waals surface area contributed by atoms with Crippen molar-refractivity contribution in [1.29, 1.82) is 0 Å². The highest BCUT2D eigenvalue weighted by Crippen LogP contribution is 2.31. The molecule has 28 heavy (non-hydrogen) atoms. The van der Waals surface area contributed by atoms with E-state index in [1.807, 2.05) is 0 Å². The Bertz CT molecular complexity index is 1090. The van der Waals surface area contributed by atoms with Crippen LogP contribution in [0.2, 0.25) is 5.02 Å². The number of ether oxygens (including phenoxy) is 1. The van der Waals surface area contributed by atoms with Gasteiger partial charge in [-0.05, 0) is 42.5 Å². The summed E-state index contributed by atoms with van der Waals surface area (Å²) in [6.07, 6.45) is 0. The van der Waals surface area contributed by atoms with Gasteiger partial charge < -0.3 is 4.74 Å². The zero-order valence-corrected chi connectivity index (χ0v) is 16.3. The van der Waals surface area contributed by atoms with E-state index in [9.17, 15) is 17.2 Å². The van der Waals surface area contributed by atoms with Gasteiger partial charge in [-0.2, -0.15) is 0 Å². The number of methoxy groups -OCH3 is 1. The molecule has 0 amide bonds. The first-order valence-corrected chi connectivity index (χ1v) is 10.00. The van der Waals surface area contributed by atoms with Crippen molar-refractivity contribution in [2.45, 2.75) is 11.4 Å². The van der Waals surface area contributed by atoms with E-state index < -0.39 is 21.7 Å². The van der Waals surface area contributed by atoms with Crippen LogP contribution in [0, 0.1) is 11.6 Å². The first-order valence-electron chi connectivity index (χ1n) is 8.18. The molecule has 0 spiro atoms. The lowest BCUT2D eigenvalue weighted by atomic mass is 10.2. The molecule has 8 heteroatoms. The van der Waals surface area contributed by atoms with Gasteiger partial charge in [0.2, 0.25) is 0 Å². The van der Waals surface area contributed by atoms with Crippen LogP contribution in [-0.4, -0.2) is 15.5 Å². The predicted octanol–water partition coefficient (Wildman–Crippen LogP) is 5.02. The molecular weight excluding hydrogens is 408 g/mol. The van der Waals surface area contributed by atoms with Crippen molar-refractivity contribution in [3.05, 3.63) is 89.0 Å². The Morgan fingerprint density at radius 3 is 2.29 bits per heavy atom. The quantitative estimate of drug-likeness (QED) is 0.559. The highest BCUT2D eigenvalue weighted by atomic mass is 35.5. The molecule has 3 aromatic carbocycles. The topological polar surface area (TPSA) is 46.6 Å². The molecule has 0 fully saturated rings. The van der Waals surface area contributed by atoms with E-state index in [0.29, 0.717) is 11.8 Å². The van der Waals surface area contributed by atoms with E-state index in [0.717, 1.165) is 10.4 Å². The Morgan fingerprint density at radius 2 is 1.68 bits per heavy atom. The third kappa shape index (κ3) is 4.10. The van der Waals surface area contributed by atoms with Crippen molar-refractivity contribution in [3.8, 4) is 5.75 Å². The molecule has 0 aliphatic rings. The Balaban J connectivity index is 2.11. The molecule has 0 aliphatic heterocycles. The first kappa shape index (κ1) is 20.1. The van der Waals surface area contributed by atoms with Gasteiger partial charge >= 0.3 is 0 Å². The van der Waals surface area contributed by atoms with Gasteiger partial charge in [-0.25, -0.2) is 17.2 Å². The molecule has 4 nitrogen and oxygen atoms in total. The molecule has 3 aromatic rings. The van der Waals surface area contributed by atoms with Crippen molar-refractivity contribution in [1.82, 2.24) is 0 Å².